The zero-order valence-corrected chi connectivity index (χ0v) is 30.4. The van der Waals surface area contributed by atoms with Crippen LogP contribution in [-0.4, -0.2) is 19.5 Å². The third-order valence-electron chi connectivity index (χ3n) is 11.1. The van der Waals surface area contributed by atoms with Crippen LogP contribution in [0.15, 0.2) is 191 Å². The molecule has 8 aromatic carbocycles. The molecule has 0 amide bonds. The Morgan fingerprint density at radius 1 is 0.351 bits per heavy atom. The highest BCUT2D eigenvalue weighted by Crippen LogP contribution is 2.41. The Bertz CT molecular complexity index is 3470. The van der Waals surface area contributed by atoms with Crippen LogP contribution in [-0.2, 0) is 0 Å². The maximum Gasteiger partial charge on any atom is 0.164 e. The van der Waals surface area contributed by atoms with Crippen molar-refractivity contribution >= 4 is 65.7 Å². The molecule has 266 valence electrons. The third kappa shape index (κ3) is 4.94. The average molecular weight is 731 g/mol. The number of aromatic nitrogens is 4. The van der Waals surface area contributed by atoms with Gasteiger partial charge in [-0.1, -0.05) is 133 Å². The SMILES string of the molecule is c1ccc(-c2ccc3oc4cc(-c5nc(-c6ccccc6)nc(-c6cccc7oc8c(-n9c%10ccccc%10c%10ccccc%109)cccc8c67)n5)ccc4c3c2)cc1. The Kier molecular flexibility index (Phi) is 6.83. The fourth-order valence-corrected chi connectivity index (χ4v) is 8.45. The summed E-state index contributed by atoms with van der Waals surface area (Å²) in [5.41, 5.74) is 11.3. The van der Waals surface area contributed by atoms with Crippen molar-refractivity contribution in [1.29, 1.82) is 0 Å². The van der Waals surface area contributed by atoms with Crippen molar-refractivity contribution in [3.8, 4) is 51.0 Å². The molecule has 12 aromatic rings. The molecule has 4 heterocycles. The summed E-state index contributed by atoms with van der Waals surface area (Å²) in [6, 6.07) is 62.6. The van der Waals surface area contributed by atoms with Crippen LogP contribution in [0.3, 0.4) is 0 Å². The van der Waals surface area contributed by atoms with E-state index in [9.17, 15) is 0 Å². The number of fused-ring (bicyclic) bond motifs is 9. The van der Waals surface area contributed by atoms with Gasteiger partial charge in [-0.3, -0.25) is 0 Å². The molecule has 0 aliphatic heterocycles. The summed E-state index contributed by atoms with van der Waals surface area (Å²) in [6.07, 6.45) is 0. The van der Waals surface area contributed by atoms with Crippen LogP contribution in [0.5, 0.6) is 0 Å². The van der Waals surface area contributed by atoms with Gasteiger partial charge in [-0.2, -0.15) is 0 Å². The van der Waals surface area contributed by atoms with E-state index in [-0.39, 0.29) is 0 Å². The predicted molar refractivity (Wildman–Crippen MR) is 230 cm³/mol. The molecule has 12 rings (SSSR count). The number of hydrogen-bond acceptors (Lipinski definition) is 5. The fourth-order valence-electron chi connectivity index (χ4n) is 8.45. The largest absolute Gasteiger partial charge is 0.456 e. The van der Waals surface area contributed by atoms with Gasteiger partial charge in [-0.25, -0.2) is 15.0 Å². The van der Waals surface area contributed by atoms with Crippen molar-refractivity contribution in [2.75, 3.05) is 0 Å². The highest BCUT2D eigenvalue weighted by molar-refractivity contribution is 6.16. The number of nitrogens with zero attached hydrogens (tertiary/aromatic N) is 4. The molecule has 0 fully saturated rings. The molecule has 0 unspecified atom stereocenters. The Labute approximate surface area is 325 Å². The second kappa shape index (κ2) is 12.3. The quantitative estimate of drug-likeness (QED) is 0.176. The zero-order chi connectivity index (χ0) is 37.5. The summed E-state index contributed by atoms with van der Waals surface area (Å²) >= 11 is 0. The molecule has 0 saturated carbocycles. The Morgan fingerprint density at radius 2 is 0.982 bits per heavy atom. The Morgan fingerprint density at radius 3 is 1.75 bits per heavy atom. The van der Waals surface area contributed by atoms with Gasteiger partial charge in [-0.15, -0.1) is 0 Å². The summed E-state index contributed by atoms with van der Waals surface area (Å²) in [4.78, 5) is 15.4. The molecule has 6 heteroatoms. The van der Waals surface area contributed by atoms with E-state index in [0.29, 0.717) is 17.5 Å². The van der Waals surface area contributed by atoms with Crippen LogP contribution in [0.1, 0.15) is 0 Å². The fraction of sp³-hybridized carbons (Fsp3) is 0. The molecular formula is C51H30N4O2. The molecule has 0 bridgehead atoms. The number of para-hydroxylation sites is 3. The van der Waals surface area contributed by atoms with Crippen LogP contribution in [0, 0.1) is 0 Å². The minimum Gasteiger partial charge on any atom is -0.456 e. The van der Waals surface area contributed by atoms with Gasteiger partial charge in [0.1, 0.15) is 16.7 Å². The second-order valence-electron chi connectivity index (χ2n) is 14.4. The van der Waals surface area contributed by atoms with Gasteiger partial charge in [0.05, 0.1) is 16.7 Å². The van der Waals surface area contributed by atoms with Gasteiger partial charge in [0.25, 0.3) is 0 Å². The first-order valence-electron chi connectivity index (χ1n) is 19.0. The second-order valence-corrected chi connectivity index (χ2v) is 14.4. The van der Waals surface area contributed by atoms with Gasteiger partial charge in [0.2, 0.25) is 0 Å². The van der Waals surface area contributed by atoms with Crippen molar-refractivity contribution in [3.05, 3.63) is 182 Å². The van der Waals surface area contributed by atoms with E-state index in [1.165, 1.54) is 16.3 Å². The number of hydrogen-bond donors (Lipinski definition) is 0. The zero-order valence-electron chi connectivity index (χ0n) is 30.4. The van der Waals surface area contributed by atoms with Gasteiger partial charge >= 0.3 is 0 Å². The van der Waals surface area contributed by atoms with Gasteiger partial charge in [0.15, 0.2) is 23.1 Å². The lowest BCUT2D eigenvalue weighted by Crippen LogP contribution is -2.00. The van der Waals surface area contributed by atoms with Crippen LogP contribution in [0.4, 0.5) is 0 Å². The van der Waals surface area contributed by atoms with E-state index in [2.05, 4.69) is 132 Å². The first kappa shape index (κ1) is 31.5. The molecule has 0 saturated heterocycles. The highest BCUT2D eigenvalue weighted by Gasteiger charge is 2.22. The monoisotopic (exact) mass is 730 g/mol. The van der Waals surface area contributed by atoms with E-state index in [1.807, 2.05) is 54.6 Å². The van der Waals surface area contributed by atoms with Crippen molar-refractivity contribution in [2.45, 2.75) is 0 Å². The summed E-state index contributed by atoms with van der Waals surface area (Å²) < 4.78 is 15.6. The first-order valence-corrected chi connectivity index (χ1v) is 19.0. The van der Waals surface area contributed by atoms with Crippen LogP contribution in [0.2, 0.25) is 0 Å². The predicted octanol–water partition coefficient (Wildman–Crippen LogP) is 13.4. The molecule has 57 heavy (non-hydrogen) atoms. The van der Waals surface area contributed by atoms with E-state index in [4.69, 9.17) is 23.8 Å². The van der Waals surface area contributed by atoms with Crippen molar-refractivity contribution in [1.82, 2.24) is 19.5 Å². The number of furan rings is 2. The van der Waals surface area contributed by atoms with Crippen molar-refractivity contribution < 1.29 is 8.83 Å². The molecule has 0 aliphatic carbocycles. The first-order chi connectivity index (χ1) is 28.2. The highest BCUT2D eigenvalue weighted by atomic mass is 16.3. The topological polar surface area (TPSA) is 69.9 Å². The third-order valence-corrected chi connectivity index (χ3v) is 11.1. The van der Waals surface area contributed by atoms with E-state index >= 15 is 0 Å². The van der Waals surface area contributed by atoms with Gasteiger partial charge in [0, 0.05) is 49.0 Å². The molecular weight excluding hydrogens is 701 g/mol. The number of rotatable bonds is 5. The summed E-state index contributed by atoms with van der Waals surface area (Å²) in [7, 11) is 0. The molecule has 0 aliphatic rings. The summed E-state index contributed by atoms with van der Waals surface area (Å²) in [5, 5.41) is 6.45. The minimum absolute atomic E-state index is 0.557. The van der Waals surface area contributed by atoms with Crippen LogP contribution >= 0.6 is 0 Å². The maximum atomic E-state index is 6.81. The summed E-state index contributed by atoms with van der Waals surface area (Å²) in [6.45, 7) is 0. The average Bonchev–Trinajstić information content (AvgIpc) is 3.96. The minimum atomic E-state index is 0.557. The standard InChI is InChI=1S/C51H30N4O2/c1-3-13-31(14-4-1)33-26-28-44-40(29-33)37-27-25-34(30-46(37)56-44)50-52-49(32-15-5-2-6-16-32)53-51(54-50)39-20-12-24-45-47(39)38-19-11-23-43(48(38)57-45)55-41-21-9-7-17-35(41)36-18-8-10-22-42(36)55/h1-30H. The number of benzene rings is 8. The van der Waals surface area contributed by atoms with Gasteiger partial charge in [-0.05, 0) is 59.7 Å². The lowest BCUT2D eigenvalue weighted by atomic mass is 10.0. The molecule has 0 atom stereocenters. The normalized spacial score (nSPS) is 11.9. The Balaban J connectivity index is 1.05. The van der Waals surface area contributed by atoms with Crippen molar-refractivity contribution in [2.24, 2.45) is 0 Å². The lowest BCUT2D eigenvalue weighted by molar-refractivity contribution is 0.666. The molecule has 0 N–H and O–H groups in total. The van der Waals surface area contributed by atoms with Crippen LogP contribution < -0.4 is 0 Å². The molecule has 0 radical (unpaired) electrons. The lowest BCUT2D eigenvalue weighted by Gasteiger charge is -2.10. The van der Waals surface area contributed by atoms with Crippen LogP contribution in [0.25, 0.3) is 117 Å². The molecule has 6 nitrogen and oxygen atoms in total. The van der Waals surface area contributed by atoms with E-state index < -0.39 is 0 Å². The van der Waals surface area contributed by atoms with E-state index in [1.54, 1.807) is 0 Å². The summed E-state index contributed by atoms with van der Waals surface area (Å²) in [5.74, 6) is 1.71. The molecule has 0 spiro atoms. The van der Waals surface area contributed by atoms with Gasteiger partial charge < -0.3 is 13.4 Å². The van der Waals surface area contributed by atoms with E-state index in [0.717, 1.165) is 82.9 Å². The van der Waals surface area contributed by atoms with Crippen molar-refractivity contribution in [3.63, 3.8) is 0 Å². The molecule has 4 aromatic heterocycles. The Hall–Kier alpha value is -7.83. The smallest absolute Gasteiger partial charge is 0.164 e. The maximum absolute atomic E-state index is 6.81.